The topological polar surface area (TPSA) is 0 Å². The summed E-state index contributed by atoms with van der Waals surface area (Å²) < 4.78 is 0. The molecule has 0 aromatic heterocycles. The molecule has 19 heavy (non-hydrogen) atoms. The molecule has 0 nitrogen and oxygen atoms in total. The Hall–Kier alpha value is -1.82. The maximum atomic E-state index is 3.78. The van der Waals surface area contributed by atoms with Crippen molar-refractivity contribution in [3.63, 3.8) is 0 Å². The van der Waals surface area contributed by atoms with Gasteiger partial charge in [0.05, 0.1) is 0 Å². The molecule has 2 rings (SSSR count). The molecule has 0 heteroatoms. The average Bonchev–Trinajstić information content (AvgIpc) is 2.47. The first-order valence-corrected chi connectivity index (χ1v) is 7.11. The highest BCUT2D eigenvalue weighted by atomic mass is 14.0. The van der Waals surface area contributed by atoms with Gasteiger partial charge in [-0.3, -0.25) is 0 Å². The van der Waals surface area contributed by atoms with E-state index < -0.39 is 0 Å². The molecule has 0 radical (unpaired) electrons. The van der Waals surface area contributed by atoms with Gasteiger partial charge in [0.25, 0.3) is 0 Å². The Labute approximate surface area is 116 Å². The Morgan fingerprint density at radius 1 is 0.842 bits per heavy atom. The first-order valence-electron chi connectivity index (χ1n) is 7.11. The third kappa shape index (κ3) is 4.10. The maximum Gasteiger partial charge on any atom is -0.00258 e. The Morgan fingerprint density at radius 3 is 1.89 bits per heavy atom. The zero-order chi connectivity index (χ0) is 13.5. The Kier molecular flexibility index (Phi) is 4.97. The van der Waals surface area contributed by atoms with Crippen LogP contribution < -0.4 is 0 Å². The van der Waals surface area contributed by atoms with Gasteiger partial charge in [-0.2, -0.15) is 0 Å². The molecule has 0 unspecified atom stereocenters. The van der Waals surface area contributed by atoms with E-state index >= 15 is 0 Å². The third-order valence-electron chi connectivity index (χ3n) is 3.47. The van der Waals surface area contributed by atoms with E-state index in [0.29, 0.717) is 0 Å². The molecule has 0 saturated carbocycles. The summed E-state index contributed by atoms with van der Waals surface area (Å²) in [6.07, 6.45) is 6.63. The van der Waals surface area contributed by atoms with Crippen LogP contribution in [-0.2, 0) is 12.8 Å². The van der Waals surface area contributed by atoms with Crippen molar-refractivity contribution in [2.75, 3.05) is 0 Å². The number of benzene rings is 2. The molecule has 0 amide bonds. The molecule has 0 aliphatic rings. The highest BCUT2D eigenvalue weighted by Gasteiger charge is 1.98. The highest BCUT2D eigenvalue weighted by Crippen LogP contribution is 2.13. The first-order chi connectivity index (χ1) is 9.31. The van der Waals surface area contributed by atoms with Crippen molar-refractivity contribution in [2.24, 2.45) is 0 Å². The van der Waals surface area contributed by atoms with Crippen LogP contribution in [0.5, 0.6) is 0 Å². The van der Waals surface area contributed by atoms with E-state index in [1.807, 2.05) is 6.08 Å². The Bertz CT molecular complexity index is 503. The van der Waals surface area contributed by atoms with Crippen LogP contribution in [0.15, 0.2) is 55.1 Å². The minimum atomic E-state index is 1.01. The van der Waals surface area contributed by atoms with Crippen LogP contribution in [-0.4, -0.2) is 0 Å². The summed E-state index contributed by atoms with van der Waals surface area (Å²) in [7, 11) is 0. The molecule has 0 bridgehead atoms. The fourth-order valence-corrected chi connectivity index (χ4v) is 2.21. The lowest BCUT2D eigenvalue weighted by Crippen LogP contribution is -1.90. The van der Waals surface area contributed by atoms with Crippen molar-refractivity contribution in [3.8, 4) is 0 Å². The van der Waals surface area contributed by atoms with E-state index in [-0.39, 0.29) is 0 Å². The molecule has 0 fully saturated rings. The molecular weight excluding hydrogens is 228 g/mol. The standard InChI is InChI=1S/C19H22/c1-3-5-6-17-9-13-19(14-10-17)15-18-11-7-16(4-2)8-12-18/h4,7-14H,2-3,5-6,15H2,1H3. The van der Waals surface area contributed by atoms with Gasteiger partial charge < -0.3 is 0 Å². The van der Waals surface area contributed by atoms with Crippen LogP contribution in [0.3, 0.4) is 0 Å². The fourth-order valence-electron chi connectivity index (χ4n) is 2.21. The van der Waals surface area contributed by atoms with Crippen LogP contribution >= 0.6 is 0 Å². The number of hydrogen-bond donors (Lipinski definition) is 0. The van der Waals surface area contributed by atoms with Crippen LogP contribution in [0.25, 0.3) is 6.08 Å². The van der Waals surface area contributed by atoms with Gasteiger partial charge in [-0.05, 0) is 41.5 Å². The quantitative estimate of drug-likeness (QED) is 0.655. The van der Waals surface area contributed by atoms with Crippen molar-refractivity contribution >= 4 is 6.08 Å². The molecule has 0 aliphatic carbocycles. The van der Waals surface area contributed by atoms with Crippen molar-refractivity contribution in [3.05, 3.63) is 77.4 Å². The molecule has 98 valence electrons. The number of aryl methyl sites for hydroxylation is 1. The third-order valence-corrected chi connectivity index (χ3v) is 3.47. The maximum absolute atomic E-state index is 3.78. The van der Waals surface area contributed by atoms with Crippen molar-refractivity contribution in [2.45, 2.75) is 32.6 Å². The highest BCUT2D eigenvalue weighted by molar-refractivity contribution is 5.47. The van der Waals surface area contributed by atoms with Crippen LogP contribution in [0.2, 0.25) is 0 Å². The van der Waals surface area contributed by atoms with E-state index in [9.17, 15) is 0 Å². The number of rotatable bonds is 6. The summed E-state index contributed by atoms with van der Waals surface area (Å²) in [5.74, 6) is 0. The van der Waals surface area contributed by atoms with Gasteiger partial charge in [-0.15, -0.1) is 0 Å². The summed E-state index contributed by atoms with van der Waals surface area (Å²) in [5, 5.41) is 0. The van der Waals surface area contributed by atoms with E-state index in [0.717, 1.165) is 6.42 Å². The molecule has 0 N–H and O–H groups in total. The van der Waals surface area contributed by atoms with Gasteiger partial charge >= 0.3 is 0 Å². The monoisotopic (exact) mass is 250 g/mol. The van der Waals surface area contributed by atoms with E-state index in [1.54, 1.807) is 0 Å². The zero-order valence-corrected chi connectivity index (χ0v) is 11.7. The lowest BCUT2D eigenvalue weighted by Gasteiger charge is -2.05. The Balaban J connectivity index is 1.99. The largest absolute Gasteiger partial charge is 0.0985 e. The lowest BCUT2D eigenvalue weighted by atomic mass is 10.0. The second-order valence-corrected chi connectivity index (χ2v) is 5.04. The summed E-state index contributed by atoms with van der Waals surface area (Å²) in [6, 6.07) is 17.7. The average molecular weight is 250 g/mol. The second-order valence-electron chi connectivity index (χ2n) is 5.04. The van der Waals surface area contributed by atoms with Crippen molar-refractivity contribution in [1.29, 1.82) is 0 Å². The van der Waals surface area contributed by atoms with Gasteiger partial charge in [0.1, 0.15) is 0 Å². The SMILES string of the molecule is C=Cc1ccc(Cc2ccc(CCCC)cc2)cc1. The lowest BCUT2D eigenvalue weighted by molar-refractivity contribution is 0.795. The molecule has 0 atom stereocenters. The molecule has 0 heterocycles. The van der Waals surface area contributed by atoms with Crippen LogP contribution in [0.1, 0.15) is 42.0 Å². The summed E-state index contributed by atoms with van der Waals surface area (Å²) >= 11 is 0. The first kappa shape index (κ1) is 13.6. The summed E-state index contributed by atoms with van der Waals surface area (Å²) in [6.45, 7) is 6.02. The molecule has 2 aromatic rings. The minimum absolute atomic E-state index is 1.01. The summed E-state index contributed by atoms with van der Waals surface area (Å²) in [4.78, 5) is 0. The predicted molar refractivity (Wildman–Crippen MR) is 84.4 cm³/mol. The normalized spacial score (nSPS) is 10.4. The van der Waals surface area contributed by atoms with Gasteiger partial charge in [-0.25, -0.2) is 0 Å². The number of unbranched alkanes of at least 4 members (excludes halogenated alkanes) is 1. The van der Waals surface area contributed by atoms with E-state index in [1.165, 1.54) is 41.5 Å². The van der Waals surface area contributed by atoms with Crippen LogP contribution in [0.4, 0.5) is 0 Å². The molecule has 0 spiro atoms. The zero-order valence-electron chi connectivity index (χ0n) is 11.7. The molecule has 0 aliphatic heterocycles. The van der Waals surface area contributed by atoms with E-state index in [2.05, 4.69) is 62.0 Å². The van der Waals surface area contributed by atoms with E-state index in [4.69, 9.17) is 0 Å². The van der Waals surface area contributed by atoms with Gasteiger partial charge in [0, 0.05) is 0 Å². The predicted octanol–water partition coefficient (Wildman–Crippen LogP) is 5.26. The number of hydrogen-bond acceptors (Lipinski definition) is 0. The fraction of sp³-hybridized carbons (Fsp3) is 0.263. The van der Waals surface area contributed by atoms with Crippen molar-refractivity contribution < 1.29 is 0 Å². The van der Waals surface area contributed by atoms with Gasteiger partial charge in [0.15, 0.2) is 0 Å². The van der Waals surface area contributed by atoms with Crippen LogP contribution in [0, 0.1) is 0 Å². The second kappa shape index (κ2) is 6.94. The van der Waals surface area contributed by atoms with Gasteiger partial charge in [-0.1, -0.05) is 74.5 Å². The smallest absolute Gasteiger partial charge is 0.00258 e. The van der Waals surface area contributed by atoms with Gasteiger partial charge in [0.2, 0.25) is 0 Å². The molecule has 2 aromatic carbocycles. The summed E-state index contributed by atoms with van der Waals surface area (Å²) in [5.41, 5.74) is 5.37. The van der Waals surface area contributed by atoms with Crippen molar-refractivity contribution in [1.82, 2.24) is 0 Å². The molecule has 0 saturated heterocycles. The molecular formula is C19H22. The Morgan fingerprint density at radius 2 is 1.37 bits per heavy atom. The minimum Gasteiger partial charge on any atom is -0.0985 e.